The topological polar surface area (TPSA) is 111 Å². The lowest BCUT2D eigenvalue weighted by atomic mass is 10.1. The van der Waals surface area contributed by atoms with Crippen molar-refractivity contribution in [2.45, 2.75) is 13.8 Å². The average molecular weight is 473 g/mol. The maximum Gasteiger partial charge on any atom is 0.344 e. The van der Waals surface area contributed by atoms with Gasteiger partial charge in [0, 0.05) is 0 Å². The molecule has 9 nitrogen and oxygen atoms in total. The van der Waals surface area contributed by atoms with Gasteiger partial charge in [0.1, 0.15) is 5.57 Å². The fourth-order valence-electron chi connectivity index (χ4n) is 3.05. The lowest BCUT2D eigenvalue weighted by Crippen LogP contribution is -2.54. The van der Waals surface area contributed by atoms with E-state index in [0.717, 1.165) is 10.5 Å². The molecule has 1 saturated heterocycles. The van der Waals surface area contributed by atoms with E-state index >= 15 is 0 Å². The Labute approximate surface area is 194 Å². The van der Waals surface area contributed by atoms with Crippen molar-refractivity contribution in [1.29, 1.82) is 0 Å². The first-order chi connectivity index (χ1) is 15.7. The van der Waals surface area contributed by atoms with Gasteiger partial charge in [-0.1, -0.05) is 29.3 Å². The number of methoxy groups -OCH3 is 1. The van der Waals surface area contributed by atoms with Crippen molar-refractivity contribution in [3.8, 4) is 11.5 Å². The highest BCUT2D eigenvalue weighted by molar-refractivity contribution is 6.39. The van der Waals surface area contributed by atoms with E-state index in [1.165, 1.54) is 25.3 Å². The second-order valence-electron chi connectivity index (χ2n) is 6.92. The van der Waals surface area contributed by atoms with E-state index in [2.05, 4.69) is 5.32 Å². The fourth-order valence-corrected chi connectivity index (χ4v) is 3.32. The van der Waals surface area contributed by atoms with Crippen molar-refractivity contribution >= 4 is 47.2 Å². The molecule has 2 aromatic rings. The lowest BCUT2D eigenvalue weighted by Gasteiger charge is -2.26. The molecule has 1 fully saturated rings. The summed E-state index contributed by atoms with van der Waals surface area (Å²) in [6, 6.07) is 8.78. The standard InChI is InChI=1S/C23H21ClN2O7/c1-4-32-19(27)12-33-20-17(24)10-14(11-18(20)31-3)9-16-21(28)25-23(30)26(22(16)29)15-7-5-13(2)6-8-15/h5-11H,4,12H2,1-3H3,(H,25,28,30). The Kier molecular flexibility index (Phi) is 7.34. The summed E-state index contributed by atoms with van der Waals surface area (Å²) in [6.45, 7) is 3.37. The molecular weight excluding hydrogens is 452 g/mol. The van der Waals surface area contributed by atoms with Gasteiger partial charge in [0.15, 0.2) is 18.1 Å². The molecule has 33 heavy (non-hydrogen) atoms. The van der Waals surface area contributed by atoms with E-state index in [0.29, 0.717) is 11.3 Å². The van der Waals surface area contributed by atoms with E-state index < -0.39 is 23.8 Å². The van der Waals surface area contributed by atoms with Crippen LogP contribution in [0.2, 0.25) is 5.02 Å². The van der Waals surface area contributed by atoms with Gasteiger partial charge in [-0.05, 0) is 49.8 Å². The summed E-state index contributed by atoms with van der Waals surface area (Å²) in [7, 11) is 1.37. The molecule has 4 amide bonds. The van der Waals surface area contributed by atoms with E-state index in [1.54, 1.807) is 31.2 Å². The van der Waals surface area contributed by atoms with Crippen molar-refractivity contribution in [3.05, 3.63) is 58.1 Å². The highest BCUT2D eigenvalue weighted by atomic mass is 35.5. The van der Waals surface area contributed by atoms with Crippen LogP contribution in [0.5, 0.6) is 11.5 Å². The average Bonchev–Trinajstić information content (AvgIpc) is 2.77. The van der Waals surface area contributed by atoms with Crippen LogP contribution >= 0.6 is 11.6 Å². The molecule has 1 heterocycles. The van der Waals surface area contributed by atoms with Gasteiger partial charge in [-0.15, -0.1) is 0 Å². The van der Waals surface area contributed by atoms with Crippen molar-refractivity contribution < 1.29 is 33.4 Å². The molecular formula is C23H21ClN2O7. The third-order valence-electron chi connectivity index (χ3n) is 4.60. The number of carbonyl (C=O) groups excluding carboxylic acids is 4. The monoisotopic (exact) mass is 472 g/mol. The van der Waals surface area contributed by atoms with Gasteiger partial charge in [-0.25, -0.2) is 14.5 Å². The number of hydrogen-bond donors (Lipinski definition) is 1. The summed E-state index contributed by atoms with van der Waals surface area (Å²) >= 11 is 6.29. The van der Waals surface area contributed by atoms with Gasteiger partial charge in [0.05, 0.1) is 24.4 Å². The summed E-state index contributed by atoms with van der Waals surface area (Å²) in [6.07, 6.45) is 1.29. The maximum absolute atomic E-state index is 13.0. The van der Waals surface area contributed by atoms with Gasteiger partial charge >= 0.3 is 12.0 Å². The molecule has 1 aliphatic rings. The summed E-state index contributed by atoms with van der Waals surface area (Å²) in [5.74, 6) is -1.93. The Morgan fingerprint density at radius 1 is 1.15 bits per heavy atom. The SMILES string of the molecule is CCOC(=O)COc1c(Cl)cc(C=C2C(=O)NC(=O)N(c3ccc(C)cc3)C2=O)cc1OC. The molecule has 1 N–H and O–H groups in total. The Balaban J connectivity index is 1.93. The van der Waals surface area contributed by atoms with Crippen LogP contribution in [0.15, 0.2) is 42.0 Å². The zero-order valence-corrected chi connectivity index (χ0v) is 18.9. The number of urea groups is 1. The molecule has 0 unspecified atom stereocenters. The molecule has 1 aliphatic heterocycles. The maximum atomic E-state index is 13.0. The van der Waals surface area contributed by atoms with Gasteiger partial charge in [0.2, 0.25) is 0 Å². The minimum Gasteiger partial charge on any atom is -0.493 e. The Morgan fingerprint density at radius 3 is 2.48 bits per heavy atom. The third kappa shape index (κ3) is 5.32. The molecule has 0 aliphatic carbocycles. The van der Waals surface area contributed by atoms with E-state index in [9.17, 15) is 19.2 Å². The van der Waals surface area contributed by atoms with Crippen LogP contribution < -0.4 is 19.7 Å². The second kappa shape index (κ2) is 10.2. The third-order valence-corrected chi connectivity index (χ3v) is 4.88. The predicted molar refractivity (Wildman–Crippen MR) is 120 cm³/mol. The zero-order chi connectivity index (χ0) is 24.1. The van der Waals surface area contributed by atoms with Crippen molar-refractivity contribution in [2.75, 3.05) is 25.2 Å². The number of esters is 1. The van der Waals surface area contributed by atoms with Crippen LogP contribution in [-0.4, -0.2) is 44.1 Å². The summed E-state index contributed by atoms with van der Waals surface area (Å²) in [5.41, 5.74) is 1.34. The molecule has 3 rings (SSSR count). The summed E-state index contributed by atoms with van der Waals surface area (Å²) in [5, 5.41) is 2.25. The number of barbiturate groups is 1. The molecule has 172 valence electrons. The Morgan fingerprint density at radius 2 is 1.85 bits per heavy atom. The lowest BCUT2D eigenvalue weighted by molar-refractivity contribution is -0.145. The second-order valence-corrected chi connectivity index (χ2v) is 7.33. The van der Waals surface area contributed by atoms with Gasteiger partial charge in [-0.3, -0.25) is 14.9 Å². The molecule has 0 saturated carbocycles. The van der Waals surface area contributed by atoms with Crippen LogP contribution in [0.3, 0.4) is 0 Å². The summed E-state index contributed by atoms with van der Waals surface area (Å²) < 4.78 is 15.5. The number of hydrogen-bond acceptors (Lipinski definition) is 7. The number of halogens is 1. The fraction of sp³-hybridized carbons (Fsp3) is 0.217. The first-order valence-electron chi connectivity index (χ1n) is 9.89. The van der Waals surface area contributed by atoms with Gasteiger partial charge in [0.25, 0.3) is 11.8 Å². The molecule has 0 spiro atoms. The van der Waals surface area contributed by atoms with Gasteiger partial charge < -0.3 is 14.2 Å². The highest BCUT2D eigenvalue weighted by Gasteiger charge is 2.36. The van der Waals surface area contributed by atoms with Crippen LogP contribution in [-0.2, 0) is 19.1 Å². The number of benzene rings is 2. The number of carbonyl (C=O) groups is 4. The van der Waals surface area contributed by atoms with Crippen LogP contribution in [0.1, 0.15) is 18.1 Å². The smallest absolute Gasteiger partial charge is 0.344 e. The minimum absolute atomic E-state index is 0.0839. The van der Waals surface area contributed by atoms with Crippen LogP contribution in [0, 0.1) is 6.92 Å². The first kappa shape index (κ1) is 23.8. The molecule has 0 atom stereocenters. The van der Waals surface area contributed by atoms with Crippen molar-refractivity contribution in [2.24, 2.45) is 0 Å². The van der Waals surface area contributed by atoms with E-state index in [4.69, 9.17) is 25.8 Å². The first-order valence-corrected chi connectivity index (χ1v) is 10.3. The Hall–Kier alpha value is -3.85. The van der Waals surface area contributed by atoms with Crippen molar-refractivity contribution in [1.82, 2.24) is 5.32 Å². The van der Waals surface area contributed by atoms with Gasteiger partial charge in [-0.2, -0.15) is 0 Å². The number of nitrogens with one attached hydrogen (secondary N) is 1. The quantitative estimate of drug-likeness (QED) is 0.374. The molecule has 0 bridgehead atoms. The number of anilines is 1. The largest absolute Gasteiger partial charge is 0.493 e. The number of rotatable bonds is 7. The molecule has 0 aromatic heterocycles. The molecule has 2 aromatic carbocycles. The minimum atomic E-state index is -0.843. The zero-order valence-electron chi connectivity index (χ0n) is 18.1. The van der Waals surface area contributed by atoms with Crippen molar-refractivity contribution in [3.63, 3.8) is 0 Å². The number of amides is 4. The van der Waals surface area contributed by atoms with E-state index in [1.807, 2.05) is 6.92 Å². The van der Waals surface area contributed by atoms with Crippen LogP contribution in [0.25, 0.3) is 6.08 Å². The number of imide groups is 2. The number of nitrogens with zero attached hydrogens (tertiary/aromatic N) is 1. The molecule has 10 heteroatoms. The predicted octanol–water partition coefficient (Wildman–Crippen LogP) is 3.27. The number of aryl methyl sites for hydroxylation is 1. The van der Waals surface area contributed by atoms with E-state index in [-0.39, 0.29) is 35.3 Å². The summed E-state index contributed by atoms with van der Waals surface area (Å²) in [4.78, 5) is 50.2. The normalized spacial score (nSPS) is 14.8. The van der Waals surface area contributed by atoms with Crippen LogP contribution in [0.4, 0.5) is 10.5 Å². The molecule has 0 radical (unpaired) electrons. The highest BCUT2D eigenvalue weighted by Crippen LogP contribution is 2.37. The Bertz CT molecular complexity index is 1140. The number of ether oxygens (including phenoxy) is 3.